The molecule has 0 aromatic rings. The van der Waals surface area contributed by atoms with Gasteiger partial charge in [0.2, 0.25) is 0 Å². The zero-order valence-electron chi connectivity index (χ0n) is 6.15. The van der Waals surface area contributed by atoms with Crippen LogP contribution in [0.1, 0.15) is 25.7 Å². The number of hydrogen-bond acceptors (Lipinski definition) is 0. The second-order valence-corrected chi connectivity index (χ2v) is 3.72. The van der Waals surface area contributed by atoms with Crippen LogP contribution >= 0.6 is 31.9 Å². The van der Waals surface area contributed by atoms with Gasteiger partial charge in [0, 0.05) is 10.7 Å². The van der Waals surface area contributed by atoms with E-state index in [1.165, 1.54) is 19.3 Å². The maximum atomic E-state index is 3.40. The first-order chi connectivity index (χ1) is 4.91. The fourth-order valence-corrected chi connectivity index (χ4v) is 1.32. The van der Waals surface area contributed by atoms with Crippen molar-refractivity contribution in [1.82, 2.24) is 0 Å². The molecular formula is C8H14Br2. The topological polar surface area (TPSA) is 0 Å². The Morgan fingerprint density at radius 3 is 2.10 bits per heavy atom. The van der Waals surface area contributed by atoms with Crippen molar-refractivity contribution < 1.29 is 0 Å². The maximum Gasteiger partial charge on any atom is 0.00659 e. The molecule has 0 spiro atoms. The minimum atomic E-state index is 1.09. The quantitative estimate of drug-likeness (QED) is 0.390. The Kier molecular flexibility index (Phi) is 10.4. The van der Waals surface area contributed by atoms with Crippen LogP contribution in [0.4, 0.5) is 0 Å². The molecule has 0 amide bonds. The van der Waals surface area contributed by atoms with Crippen LogP contribution in [0.3, 0.4) is 0 Å². The zero-order chi connectivity index (χ0) is 7.66. The van der Waals surface area contributed by atoms with Crippen LogP contribution in [-0.4, -0.2) is 10.7 Å². The highest BCUT2D eigenvalue weighted by molar-refractivity contribution is 9.09. The predicted octanol–water partition coefficient (Wildman–Crippen LogP) is 3.89. The van der Waals surface area contributed by atoms with Gasteiger partial charge in [0.05, 0.1) is 0 Å². The molecule has 0 saturated carbocycles. The number of rotatable bonds is 6. The molecule has 0 radical (unpaired) electrons. The largest absolute Gasteiger partial charge is 0.0928 e. The van der Waals surface area contributed by atoms with Crippen LogP contribution in [0, 0.1) is 0 Å². The molecule has 0 fully saturated rings. The number of halogens is 2. The third-order valence-corrected chi connectivity index (χ3v) is 2.22. The van der Waals surface area contributed by atoms with Gasteiger partial charge in [-0.15, -0.1) is 0 Å². The Balaban J connectivity index is 2.88. The lowest BCUT2D eigenvalue weighted by molar-refractivity contribution is 0.825. The molecule has 0 rings (SSSR count). The summed E-state index contributed by atoms with van der Waals surface area (Å²) in [6.45, 7) is 0. The number of hydrogen-bond donors (Lipinski definition) is 0. The summed E-state index contributed by atoms with van der Waals surface area (Å²) in [6, 6.07) is 0. The van der Waals surface area contributed by atoms with E-state index < -0.39 is 0 Å². The molecule has 0 aliphatic rings. The van der Waals surface area contributed by atoms with Gasteiger partial charge < -0.3 is 0 Å². The van der Waals surface area contributed by atoms with Gasteiger partial charge >= 0.3 is 0 Å². The summed E-state index contributed by atoms with van der Waals surface area (Å²) in [4.78, 5) is 0. The maximum absolute atomic E-state index is 3.40. The highest BCUT2D eigenvalue weighted by Crippen LogP contribution is 2.00. The van der Waals surface area contributed by atoms with Gasteiger partial charge in [0.15, 0.2) is 0 Å². The predicted molar refractivity (Wildman–Crippen MR) is 55.2 cm³/mol. The Morgan fingerprint density at radius 2 is 1.50 bits per heavy atom. The van der Waals surface area contributed by atoms with Gasteiger partial charge in [-0.1, -0.05) is 44.0 Å². The minimum Gasteiger partial charge on any atom is -0.0928 e. The summed E-state index contributed by atoms with van der Waals surface area (Å²) >= 11 is 6.77. The Morgan fingerprint density at radius 1 is 0.800 bits per heavy atom. The van der Waals surface area contributed by atoms with Crippen molar-refractivity contribution in [3.8, 4) is 0 Å². The number of unbranched alkanes of at least 4 members (excludes halogenated alkanes) is 2. The van der Waals surface area contributed by atoms with E-state index in [0.29, 0.717) is 0 Å². The third kappa shape index (κ3) is 8.70. The molecule has 0 bridgehead atoms. The molecule has 0 N–H and O–H groups in total. The van der Waals surface area contributed by atoms with Gasteiger partial charge in [-0.25, -0.2) is 0 Å². The van der Waals surface area contributed by atoms with Gasteiger partial charge in [-0.3, -0.25) is 0 Å². The first kappa shape index (κ1) is 10.7. The monoisotopic (exact) mass is 268 g/mol. The molecule has 2 heteroatoms. The molecule has 0 aliphatic heterocycles. The van der Waals surface area contributed by atoms with Gasteiger partial charge in [0.25, 0.3) is 0 Å². The van der Waals surface area contributed by atoms with E-state index in [0.717, 1.165) is 17.1 Å². The van der Waals surface area contributed by atoms with E-state index in [1.807, 2.05) is 0 Å². The SMILES string of the molecule is BrCCC=CCCCCBr. The van der Waals surface area contributed by atoms with Crippen LogP contribution in [0.25, 0.3) is 0 Å². The van der Waals surface area contributed by atoms with Crippen molar-refractivity contribution in [2.75, 3.05) is 10.7 Å². The van der Waals surface area contributed by atoms with E-state index in [9.17, 15) is 0 Å². The van der Waals surface area contributed by atoms with Crippen LogP contribution in [0.2, 0.25) is 0 Å². The Hall–Kier alpha value is 0.700. The smallest absolute Gasteiger partial charge is 0.00659 e. The molecule has 0 heterocycles. The van der Waals surface area contributed by atoms with Crippen molar-refractivity contribution >= 4 is 31.9 Å². The summed E-state index contributed by atoms with van der Waals surface area (Å²) in [5.41, 5.74) is 0. The summed E-state index contributed by atoms with van der Waals surface area (Å²) in [6.07, 6.45) is 9.50. The molecule has 0 aromatic carbocycles. The molecule has 0 aliphatic carbocycles. The van der Waals surface area contributed by atoms with Gasteiger partial charge in [-0.05, 0) is 25.7 Å². The average molecular weight is 270 g/mol. The normalized spacial score (nSPS) is 11.0. The first-order valence-electron chi connectivity index (χ1n) is 3.68. The third-order valence-electron chi connectivity index (χ3n) is 1.20. The molecule has 60 valence electrons. The molecule has 0 unspecified atom stereocenters. The average Bonchev–Trinajstić information content (AvgIpc) is 1.97. The fraction of sp³-hybridized carbons (Fsp3) is 0.750. The van der Waals surface area contributed by atoms with Crippen molar-refractivity contribution in [3.05, 3.63) is 12.2 Å². The van der Waals surface area contributed by atoms with Crippen molar-refractivity contribution in [2.24, 2.45) is 0 Å². The number of allylic oxidation sites excluding steroid dienone is 2. The minimum absolute atomic E-state index is 1.09. The molecule has 0 nitrogen and oxygen atoms in total. The lowest BCUT2D eigenvalue weighted by Gasteiger charge is -1.89. The van der Waals surface area contributed by atoms with Crippen LogP contribution < -0.4 is 0 Å². The highest BCUT2D eigenvalue weighted by Gasteiger charge is 1.81. The molecule has 0 saturated heterocycles. The lowest BCUT2D eigenvalue weighted by atomic mass is 10.2. The van der Waals surface area contributed by atoms with E-state index in [1.54, 1.807) is 0 Å². The second kappa shape index (κ2) is 9.70. The Labute approximate surface area is 80.3 Å². The highest BCUT2D eigenvalue weighted by atomic mass is 79.9. The zero-order valence-corrected chi connectivity index (χ0v) is 9.33. The van der Waals surface area contributed by atoms with Crippen molar-refractivity contribution in [2.45, 2.75) is 25.7 Å². The lowest BCUT2D eigenvalue weighted by Crippen LogP contribution is -1.73. The van der Waals surface area contributed by atoms with Crippen LogP contribution in [0.15, 0.2) is 12.2 Å². The van der Waals surface area contributed by atoms with E-state index in [4.69, 9.17) is 0 Å². The van der Waals surface area contributed by atoms with Gasteiger partial charge in [-0.2, -0.15) is 0 Å². The van der Waals surface area contributed by atoms with Gasteiger partial charge in [0.1, 0.15) is 0 Å². The standard InChI is InChI=1S/C8H14Br2/c9-7-5-3-1-2-4-6-8-10/h1,3H,2,4-8H2. The molecule has 0 aromatic heterocycles. The summed E-state index contributed by atoms with van der Waals surface area (Å²) in [7, 11) is 0. The first-order valence-corrected chi connectivity index (χ1v) is 5.93. The van der Waals surface area contributed by atoms with Crippen LogP contribution in [0.5, 0.6) is 0 Å². The number of alkyl halides is 2. The summed E-state index contributed by atoms with van der Waals surface area (Å²) in [5, 5.41) is 2.22. The fourth-order valence-electron chi connectivity index (χ4n) is 0.655. The summed E-state index contributed by atoms with van der Waals surface area (Å²) in [5.74, 6) is 0. The van der Waals surface area contributed by atoms with Crippen LogP contribution in [-0.2, 0) is 0 Å². The molecule has 10 heavy (non-hydrogen) atoms. The molecular weight excluding hydrogens is 256 g/mol. The van der Waals surface area contributed by atoms with Crippen molar-refractivity contribution in [1.29, 1.82) is 0 Å². The van der Waals surface area contributed by atoms with Crippen molar-refractivity contribution in [3.63, 3.8) is 0 Å². The second-order valence-electron chi connectivity index (χ2n) is 2.13. The molecule has 0 atom stereocenters. The summed E-state index contributed by atoms with van der Waals surface area (Å²) < 4.78 is 0. The van der Waals surface area contributed by atoms with E-state index >= 15 is 0 Å². The van der Waals surface area contributed by atoms with E-state index in [-0.39, 0.29) is 0 Å². The van der Waals surface area contributed by atoms with E-state index in [2.05, 4.69) is 44.0 Å². The Bertz CT molecular complexity index is 79.3.